The van der Waals surface area contributed by atoms with Gasteiger partial charge in [-0.05, 0) is 48.7 Å². The molecule has 3 aromatic carbocycles. The maximum absolute atomic E-state index is 13.5. The molecule has 0 bridgehead atoms. The van der Waals surface area contributed by atoms with Crippen molar-refractivity contribution in [3.8, 4) is 5.75 Å². The van der Waals surface area contributed by atoms with Crippen LogP contribution in [0.1, 0.15) is 31.4 Å². The van der Waals surface area contributed by atoms with Crippen LogP contribution >= 0.6 is 0 Å². The Labute approximate surface area is 200 Å². The van der Waals surface area contributed by atoms with E-state index < -0.39 is 6.04 Å². The lowest BCUT2D eigenvalue weighted by Crippen LogP contribution is -2.53. The van der Waals surface area contributed by atoms with Crippen molar-refractivity contribution < 1.29 is 18.7 Å². The van der Waals surface area contributed by atoms with Crippen molar-refractivity contribution in [1.29, 1.82) is 0 Å². The van der Waals surface area contributed by atoms with E-state index in [4.69, 9.17) is 4.74 Å². The van der Waals surface area contributed by atoms with E-state index in [0.717, 1.165) is 17.5 Å². The van der Waals surface area contributed by atoms with Gasteiger partial charge in [0.25, 0.3) is 5.91 Å². The molecule has 0 heterocycles. The van der Waals surface area contributed by atoms with Crippen LogP contribution in [0.5, 0.6) is 5.75 Å². The summed E-state index contributed by atoms with van der Waals surface area (Å²) in [5, 5.41) is 3.02. The Kier molecular flexibility index (Phi) is 9.21. The van der Waals surface area contributed by atoms with Gasteiger partial charge < -0.3 is 15.0 Å². The van der Waals surface area contributed by atoms with E-state index in [0.29, 0.717) is 12.2 Å². The Morgan fingerprint density at radius 1 is 0.912 bits per heavy atom. The summed E-state index contributed by atoms with van der Waals surface area (Å²) in [7, 11) is 0. The fourth-order valence-electron chi connectivity index (χ4n) is 3.53. The minimum Gasteiger partial charge on any atom is -0.484 e. The van der Waals surface area contributed by atoms with Gasteiger partial charge in [0.1, 0.15) is 17.6 Å². The van der Waals surface area contributed by atoms with Gasteiger partial charge in [-0.25, -0.2) is 4.39 Å². The lowest BCUT2D eigenvalue weighted by Gasteiger charge is -2.32. The van der Waals surface area contributed by atoms with Crippen LogP contribution in [0.15, 0.2) is 84.9 Å². The third kappa shape index (κ3) is 7.44. The summed E-state index contributed by atoms with van der Waals surface area (Å²) in [6.07, 6.45) is 1.12. The van der Waals surface area contributed by atoms with E-state index in [2.05, 4.69) is 5.32 Å². The number of benzene rings is 3. The van der Waals surface area contributed by atoms with Crippen LogP contribution in [-0.2, 0) is 22.6 Å². The van der Waals surface area contributed by atoms with Crippen LogP contribution in [-0.4, -0.2) is 35.4 Å². The first-order valence-electron chi connectivity index (χ1n) is 11.5. The summed E-state index contributed by atoms with van der Waals surface area (Å²) in [5.74, 6) is -0.340. The summed E-state index contributed by atoms with van der Waals surface area (Å²) in [5.41, 5.74) is 1.66. The number of carbonyl (C=O) groups is 2. The smallest absolute Gasteiger partial charge is 0.261 e. The van der Waals surface area contributed by atoms with E-state index in [1.807, 2.05) is 62.4 Å². The summed E-state index contributed by atoms with van der Waals surface area (Å²) in [4.78, 5) is 28.3. The van der Waals surface area contributed by atoms with Crippen molar-refractivity contribution in [1.82, 2.24) is 10.2 Å². The molecule has 0 radical (unpaired) electrons. The molecule has 0 saturated heterocycles. The van der Waals surface area contributed by atoms with Gasteiger partial charge in [0.2, 0.25) is 5.91 Å². The molecule has 178 valence electrons. The molecule has 0 aliphatic heterocycles. The average molecular weight is 463 g/mol. The third-order valence-corrected chi connectivity index (χ3v) is 5.64. The molecule has 34 heavy (non-hydrogen) atoms. The second kappa shape index (κ2) is 12.5. The predicted molar refractivity (Wildman–Crippen MR) is 131 cm³/mol. The number of ether oxygens (including phenoxy) is 1. The van der Waals surface area contributed by atoms with E-state index in [9.17, 15) is 14.0 Å². The van der Waals surface area contributed by atoms with Crippen molar-refractivity contribution in [2.75, 3.05) is 6.61 Å². The van der Waals surface area contributed by atoms with Crippen LogP contribution in [0.25, 0.3) is 0 Å². The zero-order chi connectivity index (χ0) is 24.3. The largest absolute Gasteiger partial charge is 0.484 e. The molecular weight excluding hydrogens is 431 g/mol. The summed E-state index contributed by atoms with van der Waals surface area (Å²) >= 11 is 0. The van der Waals surface area contributed by atoms with Crippen LogP contribution < -0.4 is 10.1 Å². The lowest BCUT2D eigenvalue weighted by atomic mass is 10.0. The van der Waals surface area contributed by atoms with Gasteiger partial charge in [-0.15, -0.1) is 0 Å². The maximum atomic E-state index is 13.5. The Morgan fingerprint density at radius 2 is 1.53 bits per heavy atom. The van der Waals surface area contributed by atoms with E-state index >= 15 is 0 Å². The number of nitrogens with one attached hydrogen (secondary N) is 1. The normalized spacial score (nSPS) is 12.4. The van der Waals surface area contributed by atoms with Crippen LogP contribution in [0.3, 0.4) is 0 Å². The molecule has 1 N–H and O–H groups in total. The number of amides is 2. The molecule has 3 rings (SSSR count). The van der Waals surface area contributed by atoms with E-state index in [-0.39, 0.29) is 36.8 Å². The van der Waals surface area contributed by atoms with E-state index in [1.54, 1.807) is 24.3 Å². The van der Waals surface area contributed by atoms with Crippen molar-refractivity contribution in [3.63, 3.8) is 0 Å². The molecule has 0 aliphatic carbocycles. The van der Waals surface area contributed by atoms with Crippen molar-refractivity contribution in [2.45, 2.75) is 45.3 Å². The minimum atomic E-state index is -0.756. The minimum absolute atomic E-state index is 0.0332. The van der Waals surface area contributed by atoms with Crippen molar-refractivity contribution in [2.24, 2.45) is 0 Å². The Balaban J connectivity index is 1.90. The number of hydrogen-bond acceptors (Lipinski definition) is 3. The van der Waals surface area contributed by atoms with Crippen LogP contribution in [0.4, 0.5) is 4.39 Å². The first kappa shape index (κ1) is 25.0. The second-order valence-electron chi connectivity index (χ2n) is 8.27. The highest BCUT2D eigenvalue weighted by Crippen LogP contribution is 2.17. The van der Waals surface area contributed by atoms with Crippen LogP contribution in [0.2, 0.25) is 0 Å². The molecule has 5 nitrogen and oxygen atoms in total. The molecular formula is C28H31FN2O3. The standard InChI is InChI=1S/C28H31FN2O3/c1-3-21(2)30-28(33)26(18-22-10-6-4-7-11-22)31(19-23-14-16-24(29)17-15-23)27(32)20-34-25-12-8-5-9-13-25/h4-17,21,26H,3,18-20H2,1-2H3,(H,30,33). The number of hydrogen-bond donors (Lipinski definition) is 1. The predicted octanol–water partition coefficient (Wildman–Crippen LogP) is 4.76. The number of halogens is 1. The molecule has 0 spiro atoms. The van der Waals surface area contributed by atoms with E-state index in [1.165, 1.54) is 17.0 Å². The molecule has 0 fully saturated rings. The number of rotatable bonds is 11. The SMILES string of the molecule is CCC(C)NC(=O)C(Cc1ccccc1)N(Cc1ccc(F)cc1)C(=O)COc1ccccc1. The number of carbonyl (C=O) groups excluding carboxylic acids is 2. The molecule has 0 aliphatic rings. The van der Waals surface area contributed by atoms with Gasteiger partial charge >= 0.3 is 0 Å². The summed E-state index contributed by atoms with van der Waals surface area (Å²) in [6.45, 7) is 3.87. The first-order chi connectivity index (χ1) is 16.5. The molecule has 6 heteroatoms. The van der Waals surface area contributed by atoms with Gasteiger partial charge in [-0.1, -0.05) is 67.6 Å². The summed E-state index contributed by atoms with van der Waals surface area (Å²) < 4.78 is 19.2. The maximum Gasteiger partial charge on any atom is 0.261 e. The van der Waals surface area contributed by atoms with Crippen molar-refractivity contribution >= 4 is 11.8 Å². The molecule has 2 amide bonds. The zero-order valence-electron chi connectivity index (χ0n) is 19.6. The van der Waals surface area contributed by atoms with Gasteiger partial charge in [0, 0.05) is 19.0 Å². The zero-order valence-corrected chi connectivity index (χ0v) is 19.6. The second-order valence-corrected chi connectivity index (χ2v) is 8.27. The highest BCUT2D eigenvalue weighted by Gasteiger charge is 2.31. The average Bonchev–Trinajstić information content (AvgIpc) is 2.87. The number of nitrogens with zero attached hydrogens (tertiary/aromatic N) is 1. The third-order valence-electron chi connectivity index (χ3n) is 5.64. The highest BCUT2D eigenvalue weighted by molar-refractivity contribution is 5.88. The number of para-hydroxylation sites is 1. The van der Waals surface area contributed by atoms with Crippen LogP contribution in [0, 0.1) is 5.82 Å². The Bertz CT molecular complexity index is 1040. The van der Waals surface area contributed by atoms with Gasteiger partial charge in [0.05, 0.1) is 0 Å². The highest BCUT2D eigenvalue weighted by atomic mass is 19.1. The fraction of sp³-hybridized carbons (Fsp3) is 0.286. The molecule has 2 atom stereocenters. The Hall–Kier alpha value is -3.67. The quantitative estimate of drug-likeness (QED) is 0.447. The van der Waals surface area contributed by atoms with Gasteiger partial charge in [-0.3, -0.25) is 9.59 Å². The van der Waals surface area contributed by atoms with Crippen molar-refractivity contribution in [3.05, 3.63) is 102 Å². The molecule has 0 aromatic heterocycles. The molecule has 3 aromatic rings. The molecule has 2 unspecified atom stereocenters. The van der Waals surface area contributed by atoms with Gasteiger partial charge in [-0.2, -0.15) is 0 Å². The topological polar surface area (TPSA) is 58.6 Å². The molecule has 0 saturated carbocycles. The van der Waals surface area contributed by atoms with Gasteiger partial charge in [0.15, 0.2) is 6.61 Å². The summed E-state index contributed by atoms with van der Waals surface area (Å²) in [6, 6.07) is 23.8. The first-order valence-corrected chi connectivity index (χ1v) is 11.5. The monoisotopic (exact) mass is 462 g/mol. The Morgan fingerprint density at radius 3 is 2.15 bits per heavy atom. The fourth-order valence-corrected chi connectivity index (χ4v) is 3.53. The lowest BCUT2D eigenvalue weighted by molar-refractivity contribution is -0.143.